The van der Waals surface area contributed by atoms with Crippen molar-refractivity contribution in [2.45, 2.75) is 4.90 Å². The van der Waals surface area contributed by atoms with E-state index in [-0.39, 0.29) is 6.03 Å². The Morgan fingerprint density at radius 2 is 2.33 bits per heavy atom. The number of hydrogen-bond acceptors (Lipinski definition) is 3. The fourth-order valence-electron chi connectivity index (χ4n) is 1.19. The van der Waals surface area contributed by atoms with E-state index in [4.69, 9.17) is 16.3 Å². The van der Waals surface area contributed by atoms with E-state index in [0.717, 1.165) is 9.37 Å². The van der Waals surface area contributed by atoms with Crippen LogP contribution in [0, 0.1) is 0 Å². The summed E-state index contributed by atoms with van der Waals surface area (Å²) in [7, 11) is 1.53. The van der Waals surface area contributed by atoms with Gasteiger partial charge in [-0.25, -0.2) is 4.79 Å². The number of methoxy groups -OCH3 is 1. The maximum Gasteiger partial charge on any atom is 0.329 e. The maximum absolute atomic E-state index is 11.1. The number of nitrogens with one attached hydrogen (secondary N) is 2. The van der Waals surface area contributed by atoms with Crippen LogP contribution in [-0.2, 0) is 0 Å². The van der Waals surface area contributed by atoms with Crippen molar-refractivity contribution < 1.29 is 9.53 Å². The lowest BCUT2D eigenvalue weighted by atomic mass is 10.3. The topological polar surface area (TPSA) is 50.4 Å². The van der Waals surface area contributed by atoms with Gasteiger partial charge < -0.3 is 10.1 Å². The van der Waals surface area contributed by atoms with E-state index < -0.39 is 0 Å². The van der Waals surface area contributed by atoms with Crippen LogP contribution in [-0.4, -0.2) is 13.1 Å². The molecule has 0 saturated heterocycles. The lowest BCUT2D eigenvalue weighted by molar-refractivity contribution is 0.256. The Bertz CT molecular complexity index is 441. The highest BCUT2D eigenvalue weighted by Crippen LogP contribution is 2.45. The quantitative estimate of drug-likeness (QED) is 0.783. The van der Waals surface area contributed by atoms with E-state index in [1.165, 1.54) is 19.1 Å². The number of carbonyl (C=O) groups excluding carboxylic acids is 1. The van der Waals surface area contributed by atoms with Gasteiger partial charge in [-0.05, 0) is 27.9 Å². The van der Waals surface area contributed by atoms with Gasteiger partial charge in [0, 0.05) is 6.07 Å². The highest BCUT2D eigenvalue weighted by atomic mass is 79.9. The van der Waals surface area contributed by atoms with Crippen LogP contribution in [0.15, 0.2) is 15.4 Å². The van der Waals surface area contributed by atoms with Crippen molar-refractivity contribution in [2.24, 2.45) is 0 Å². The fraction of sp³-hybridized carbons (Fsp3) is 0.125. The van der Waals surface area contributed by atoms with Gasteiger partial charge in [0.2, 0.25) is 0 Å². The van der Waals surface area contributed by atoms with Crippen molar-refractivity contribution in [3.63, 3.8) is 0 Å². The molecule has 0 atom stereocenters. The third-order valence-electron chi connectivity index (χ3n) is 1.84. The van der Waals surface area contributed by atoms with E-state index in [2.05, 4.69) is 26.0 Å². The smallest absolute Gasteiger partial charge is 0.329 e. The standard InChI is InChI=1S/C8H6BrClN2O2S/c1-14-4-2-3(10)5(9)7-6(4)11-8(13)12-15-7/h2H,1H3,(H2,11,12,13). The van der Waals surface area contributed by atoms with Gasteiger partial charge in [0.25, 0.3) is 0 Å². The Morgan fingerprint density at radius 3 is 3.00 bits per heavy atom. The first-order valence-electron chi connectivity index (χ1n) is 3.93. The van der Waals surface area contributed by atoms with Crippen molar-refractivity contribution in [3.8, 4) is 5.75 Å². The summed E-state index contributed by atoms with van der Waals surface area (Å²) in [4.78, 5) is 11.9. The molecule has 0 spiro atoms. The van der Waals surface area contributed by atoms with Crippen LogP contribution in [0.2, 0.25) is 5.02 Å². The first-order valence-corrected chi connectivity index (χ1v) is 5.92. The predicted octanol–water partition coefficient (Wildman–Crippen LogP) is 3.25. The SMILES string of the molecule is COc1cc(Cl)c(Br)c2c1NC(=O)NS2. The molecular weight excluding hydrogens is 304 g/mol. The van der Waals surface area contributed by atoms with Crippen LogP contribution in [0.4, 0.5) is 10.5 Å². The van der Waals surface area contributed by atoms with Crippen molar-refractivity contribution in [2.75, 3.05) is 12.4 Å². The van der Waals surface area contributed by atoms with Crippen molar-refractivity contribution in [1.29, 1.82) is 0 Å². The zero-order chi connectivity index (χ0) is 11.0. The van der Waals surface area contributed by atoms with Crippen LogP contribution in [0.25, 0.3) is 0 Å². The van der Waals surface area contributed by atoms with Crippen LogP contribution in [0.3, 0.4) is 0 Å². The maximum atomic E-state index is 11.1. The number of halogens is 2. The van der Waals surface area contributed by atoms with Gasteiger partial charge in [-0.1, -0.05) is 11.6 Å². The van der Waals surface area contributed by atoms with Crippen LogP contribution in [0.1, 0.15) is 0 Å². The monoisotopic (exact) mass is 308 g/mol. The van der Waals surface area contributed by atoms with E-state index in [1.807, 2.05) is 0 Å². The second-order valence-electron chi connectivity index (χ2n) is 2.74. The van der Waals surface area contributed by atoms with Gasteiger partial charge in [0.1, 0.15) is 11.4 Å². The first kappa shape index (κ1) is 10.9. The van der Waals surface area contributed by atoms with Crippen LogP contribution < -0.4 is 14.8 Å². The minimum atomic E-state index is -0.278. The minimum absolute atomic E-state index is 0.278. The summed E-state index contributed by atoms with van der Waals surface area (Å²) >= 11 is 10.5. The summed E-state index contributed by atoms with van der Waals surface area (Å²) in [6.07, 6.45) is 0. The van der Waals surface area contributed by atoms with Gasteiger partial charge in [0.05, 0.1) is 21.5 Å². The van der Waals surface area contributed by atoms with Gasteiger partial charge >= 0.3 is 6.03 Å². The zero-order valence-electron chi connectivity index (χ0n) is 7.56. The fourth-order valence-corrected chi connectivity index (χ4v) is 2.70. The third kappa shape index (κ3) is 1.89. The van der Waals surface area contributed by atoms with E-state index in [0.29, 0.717) is 16.5 Å². The van der Waals surface area contributed by atoms with Crippen molar-refractivity contribution in [1.82, 2.24) is 4.72 Å². The molecule has 0 fully saturated rings. The average Bonchev–Trinajstić information content (AvgIpc) is 2.23. The molecule has 2 N–H and O–H groups in total. The van der Waals surface area contributed by atoms with Gasteiger partial charge in [-0.2, -0.15) is 0 Å². The molecule has 0 radical (unpaired) electrons. The van der Waals surface area contributed by atoms with Gasteiger partial charge in [0.15, 0.2) is 0 Å². The molecule has 0 aromatic heterocycles. The van der Waals surface area contributed by atoms with Gasteiger partial charge in [-0.15, -0.1) is 0 Å². The molecule has 2 rings (SSSR count). The Morgan fingerprint density at radius 1 is 1.60 bits per heavy atom. The molecule has 0 aliphatic carbocycles. The lowest BCUT2D eigenvalue weighted by Gasteiger charge is -2.21. The number of anilines is 1. The molecule has 1 aliphatic rings. The molecule has 0 bridgehead atoms. The highest BCUT2D eigenvalue weighted by Gasteiger charge is 2.23. The number of urea groups is 1. The molecule has 0 saturated carbocycles. The second-order valence-corrected chi connectivity index (χ2v) is 4.75. The molecule has 2 amide bonds. The normalized spacial score (nSPS) is 13.9. The summed E-state index contributed by atoms with van der Waals surface area (Å²) in [6.45, 7) is 0. The summed E-state index contributed by atoms with van der Waals surface area (Å²) in [5.74, 6) is 0.542. The van der Waals surface area contributed by atoms with Crippen LogP contribution in [0.5, 0.6) is 5.75 Å². The molecule has 15 heavy (non-hydrogen) atoms. The molecule has 1 heterocycles. The number of ether oxygens (including phenoxy) is 1. The second kappa shape index (κ2) is 4.11. The lowest BCUT2D eigenvalue weighted by Crippen LogP contribution is -2.27. The van der Waals surface area contributed by atoms with Crippen LogP contribution >= 0.6 is 39.5 Å². The molecule has 80 valence electrons. The van der Waals surface area contributed by atoms with E-state index in [1.54, 1.807) is 6.07 Å². The zero-order valence-corrected chi connectivity index (χ0v) is 10.7. The number of amides is 2. The highest BCUT2D eigenvalue weighted by molar-refractivity contribution is 9.10. The predicted molar refractivity (Wildman–Crippen MR) is 63.7 cm³/mol. The largest absolute Gasteiger partial charge is 0.494 e. The van der Waals surface area contributed by atoms with E-state index >= 15 is 0 Å². The number of fused-ring (bicyclic) bond motifs is 1. The minimum Gasteiger partial charge on any atom is -0.494 e. The van der Waals surface area contributed by atoms with E-state index in [9.17, 15) is 4.79 Å². The average molecular weight is 310 g/mol. The molecule has 7 heteroatoms. The van der Waals surface area contributed by atoms with Gasteiger partial charge in [-0.3, -0.25) is 4.72 Å². The molecule has 1 aromatic rings. The number of rotatable bonds is 1. The molecular formula is C8H6BrClN2O2S. The number of hydrogen-bond donors (Lipinski definition) is 2. The summed E-state index contributed by atoms with van der Waals surface area (Å²) in [6, 6.07) is 1.37. The summed E-state index contributed by atoms with van der Waals surface area (Å²) in [5, 5.41) is 3.20. The van der Waals surface area contributed by atoms with Crippen molar-refractivity contribution >= 4 is 51.2 Å². The van der Waals surface area contributed by atoms with Crippen molar-refractivity contribution in [3.05, 3.63) is 15.6 Å². The summed E-state index contributed by atoms with van der Waals surface area (Å²) < 4.78 is 8.45. The first-order chi connectivity index (χ1) is 7.13. The molecule has 0 unspecified atom stereocenters. The number of carbonyl (C=O) groups is 1. The Hall–Kier alpha value is -0.590. The number of benzene rings is 1. The molecule has 1 aromatic carbocycles. The Kier molecular flexibility index (Phi) is 2.99. The third-order valence-corrected chi connectivity index (χ3v) is 4.36. The summed E-state index contributed by atoms with van der Waals surface area (Å²) in [5.41, 5.74) is 0.627. The molecule has 4 nitrogen and oxygen atoms in total. The molecule has 1 aliphatic heterocycles. The Labute approximate surface area is 104 Å². The Balaban J connectivity index is 2.61.